The van der Waals surface area contributed by atoms with E-state index >= 15 is 0 Å². The first-order chi connectivity index (χ1) is 13.1. The second kappa shape index (κ2) is 7.19. The van der Waals surface area contributed by atoms with Crippen LogP contribution in [0.15, 0.2) is 48.7 Å². The number of fused-ring (bicyclic) bond motifs is 1. The van der Waals surface area contributed by atoms with Crippen molar-refractivity contribution in [1.29, 1.82) is 0 Å². The van der Waals surface area contributed by atoms with Crippen LogP contribution in [0.2, 0.25) is 0 Å². The van der Waals surface area contributed by atoms with Crippen molar-refractivity contribution in [3.8, 4) is 5.75 Å². The highest BCUT2D eigenvalue weighted by Crippen LogP contribution is 2.19. The van der Waals surface area contributed by atoms with Gasteiger partial charge in [-0.2, -0.15) is 5.10 Å². The zero-order chi connectivity index (χ0) is 18.8. The zero-order valence-electron chi connectivity index (χ0n) is 14.9. The van der Waals surface area contributed by atoms with Crippen LogP contribution in [0, 0.1) is 12.7 Å². The maximum atomic E-state index is 13.2. The van der Waals surface area contributed by atoms with E-state index in [1.807, 2.05) is 17.7 Å². The number of rotatable bonds is 4. The molecule has 2 aromatic heterocycles. The molecule has 0 fully saturated rings. The van der Waals surface area contributed by atoms with Crippen LogP contribution in [-0.4, -0.2) is 32.1 Å². The predicted molar refractivity (Wildman–Crippen MR) is 96.7 cm³/mol. The summed E-state index contributed by atoms with van der Waals surface area (Å²) in [6.07, 6.45) is 1.68. The normalized spacial score (nSPS) is 13.3. The third-order valence-electron chi connectivity index (χ3n) is 4.56. The van der Waals surface area contributed by atoms with Crippen molar-refractivity contribution in [2.45, 2.75) is 26.6 Å². The highest BCUT2D eigenvalue weighted by Gasteiger charge is 2.24. The molecule has 0 unspecified atom stereocenters. The molecule has 3 heterocycles. The van der Waals surface area contributed by atoms with Crippen molar-refractivity contribution in [1.82, 2.24) is 19.7 Å². The van der Waals surface area contributed by atoms with Gasteiger partial charge in [0.2, 0.25) is 0 Å². The van der Waals surface area contributed by atoms with Gasteiger partial charge < -0.3 is 9.64 Å². The molecule has 7 heteroatoms. The van der Waals surface area contributed by atoms with Crippen molar-refractivity contribution in [3.05, 3.63) is 77.1 Å². The molecule has 1 amide bonds. The first-order valence-corrected chi connectivity index (χ1v) is 8.75. The van der Waals surface area contributed by atoms with Gasteiger partial charge in [-0.3, -0.25) is 14.5 Å². The van der Waals surface area contributed by atoms with Gasteiger partial charge in [0.25, 0.3) is 5.91 Å². The Labute approximate surface area is 156 Å². The van der Waals surface area contributed by atoms with E-state index in [2.05, 4.69) is 10.1 Å². The predicted octanol–water partition coefficient (Wildman–Crippen LogP) is 2.96. The van der Waals surface area contributed by atoms with Gasteiger partial charge >= 0.3 is 0 Å². The Balaban J connectivity index is 1.44. The molecule has 138 valence electrons. The number of carbonyl (C=O) groups excluding carboxylic acids is 1. The standard InChI is InChI=1S/C20H19FN4O2/c1-14-19(6-3-7-22-14)20(26)24-8-9-25-17(12-24)11-16(23-25)13-27-18-5-2-4-15(21)10-18/h2-7,10-11H,8-9,12-13H2,1H3. The number of hydrogen-bond donors (Lipinski definition) is 0. The molecule has 0 atom stereocenters. The third kappa shape index (κ3) is 3.67. The quantitative estimate of drug-likeness (QED) is 0.712. The number of benzene rings is 1. The summed E-state index contributed by atoms with van der Waals surface area (Å²) in [6, 6.07) is 11.5. The van der Waals surface area contributed by atoms with Crippen LogP contribution in [0.3, 0.4) is 0 Å². The molecular weight excluding hydrogens is 347 g/mol. The molecule has 4 rings (SSSR count). The molecule has 0 aliphatic carbocycles. The van der Waals surface area contributed by atoms with E-state index in [4.69, 9.17) is 4.74 Å². The number of pyridine rings is 1. The number of amides is 1. The van der Waals surface area contributed by atoms with Crippen molar-refractivity contribution in [3.63, 3.8) is 0 Å². The molecule has 6 nitrogen and oxygen atoms in total. The smallest absolute Gasteiger partial charge is 0.256 e. The second-order valence-corrected chi connectivity index (χ2v) is 6.46. The third-order valence-corrected chi connectivity index (χ3v) is 4.56. The Kier molecular flexibility index (Phi) is 4.58. The summed E-state index contributed by atoms with van der Waals surface area (Å²) in [5, 5.41) is 4.52. The monoisotopic (exact) mass is 366 g/mol. The van der Waals surface area contributed by atoms with Gasteiger partial charge in [-0.05, 0) is 37.3 Å². The molecule has 1 aromatic carbocycles. The summed E-state index contributed by atoms with van der Waals surface area (Å²) >= 11 is 0. The molecule has 0 saturated carbocycles. The molecule has 1 aliphatic heterocycles. The lowest BCUT2D eigenvalue weighted by atomic mass is 10.1. The minimum absolute atomic E-state index is 0.0226. The molecular formula is C20H19FN4O2. The fourth-order valence-corrected chi connectivity index (χ4v) is 3.16. The minimum atomic E-state index is -0.337. The fourth-order valence-electron chi connectivity index (χ4n) is 3.16. The van der Waals surface area contributed by atoms with E-state index in [0.29, 0.717) is 30.9 Å². The Morgan fingerprint density at radius 1 is 1.22 bits per heavy atom. The van der Waals surface area contributed by atoms with E-state index in [1.54, 1.807) is 35.4 Å². The Bertz CT molecular complexity index is 986. The molecule has 0 spiro atoms. The molecule has 0 radical (unpaired) electrons. The molecule has 1 aliphatic rings. The minimum Gasteiger partial charge on any atom is -0.487 e. The number of ether oxygens (including phenoxy) is 1. The highest BCUT2D eigenvalue weighted by atomic mass is 19.1. The highest BCUT2D eigenvalue weighted by molar-refractivity contribution is 5.95. The first kappa shape index (κ1) is 17.2. The van der Waals surface area contributed by atoms with E-state index in [-0.39, 0.29) is 18.3 Å². The van der Waals surface area contributed by atoms with E-state index in [9.17, 15) is 9.18 Å². The van der Waals surface area contributed by atoms with Gasteiger partial charge in [-0.25, -0.2) is 4.39 Å². The lowest BCUT2D eigenvalue weighted by Crippen LogP contribution is -2.38. The summed E-state index contributed by atoms with van der Waals surface area (Å²) < 4.78 is 20.7. The zero-order valence-corrected chi connectivity index (χ0v) is 14.9. The number of nitrogens with zero attached hydrogens (tertiary/aromatic N) is 4. The lowest BCUT2D eigenvalue weighted by Gasteiger charge is -2.28. The summed E-state index contributed by atoms with van der Waals surface area (Å²) in [6.45, 7) is 3.79. The molecule has 0 bridgehead atoms. The van der Waals surface area contributed by atoms with E-state index < -0.39 is 0 Å². The number of hydrogen-bond acceptors (Lipinski definition) is 4. The van der Waals surface area contributed by atoms with Gasteiger partial charge in [0.1, 0.15) is 23.9 Å². The summed E-state index contributed by atoms with van der Waals surface area (Å²) in [4.78, 5) is 18.8. The van der Waals surface area contributed by atoms with Gasteiger partial charge in [0.05, 0.1) is 24.3 Å². The van der Waals surface area contributed by atoms with Gasteiger partial charge in [-0.15, -0.1) is 0 Å². The van der Waals surface area contributed by atoms with Crippen LogP contribution in [0.1, 0.15) is 27.4 Å². The summed E-state index contributed by atoms with van der Waals surface area (Å²) in [5.74, 6) is 0.104. The van der Waals surface area contributed by atoms with Crippen LogP contribution in [0.5, 0.6) is 5.75 Å². The van der Waals surface area contributed by atoms with Crippen molar-refractivity contribution in [2.24, 2.45) is 0 Å². The Morgan fingerprint density at radius 2 is 2.11 bits per heavy atom. The number of aromatic nitrogens is 3. The molecule has 3 aromatic rings. The second-order valence-electron chi connectivity index (χ2n) is 6.46. The number of carbonyl (C=O) groups is 1. The van der Waals surface area contributed by atoms with Crippen molar-refractivity contribution < 1.29 is 13.9 Å². The molecule has 27 heavy (non-hydrogen) atoms. The average Bonchev–Trinajstić information content (AvgIpc) is 3.08. The van der Waals surface area contributed by atoms with Crippen molar-refractivity contribution in [2.75, 3.05) is 6.54 Å². The van der Waals surface area contributed by atoms with Crippen LogP contribution in [0.25, 0.3) is 0 Å². The van der Waals surface area contributed by atoms with Crippen LogP contribution in [-0.2, 0) is 19.7 Å². The lowest BCUT2D eigenvalue weighted by molar-refractivity contribution is 0.0704. The van der Waals surface area contributed by atoms with Gasteiger partial charge in [0.15, 0.2) is 0 Å². The SMILES string of the molecule is Cc1ncccc1C(=O)N1CCn2nc(COc3cccc(F)c3)cc2C1. The van der Waals surface area contributed by atoms with Crippen LogP contribution in [0.4, 0.5) is 4.39 Å². The van der Waals surface area contributed by atoms with Gasteiger partial charge in [-0.1, -0.05) is 6.07 Å². The maximum Gasteiger partial charge on any atom is 0.256 e. The maximum absolute atomic E-state index is 13.2. The number of halogens is 1. The van der Waals surface area contributed by atoms with E-state index in [1.165, 1.54) is 12.1 Å². The summed E-state index contributed by atoms with van der Waals surface area (Å²) in [7, 11) is 0. The molecule has 0 saturated heterocycles. The summed E-state index contributed by atoms with van der Waals surface area (Å²) in [5.41, 5.74) is 3.06. The molecule has 0 N–H and O–H groups in total. The van der Waals surface area contributed by atoms with Crippen LogP contribution < -0.4 is 4.74 Å². The van der Waals surface area contributed by atoms with Crippen molar-refractivity contribution >= 4 is 5.91 Å². The van der Waals surface area contributed by atoms with E-state index in [0.717, 1.165) is 17.1 Å². The van der Waals surface area contributed by atoms with Crippen LogP contribution >= 0.6 is 0 Å². The Hall–Kier alpha value is -3.22. The number of aryl methyl sites for hydroxylation is 1. The van der Waals surface area contributed by atoms with Gasteiger partial charge in [0, 0.05) is 24.5 Å². The topological polar surface area (TPSA) is 60.2 Å². The fraction of sp³-hybridized carbons (Fsp3) is 0.250. The Morgan fingerprint density at radius 3 is 2.93 bits per heavy atom. The first-order valence-electron chi connectivity index (χ1n) is 8.75. The average molecular weight is 366 g/mol. The largest absolute Gasteiger partial charge is 0.487 e.